The van der Waals surface area contributed by atoms with Gasteiger partial charge in [0.1, 0.15) is 0 Å². The minimum atomic E-state index is 0.330. The summed E-state index contributed by atoms with van der Waals surface area (Å²) in [4.78, 5) is 3.59. The van der Waals surface area contributed by atoms with Gasteiger partial charge in [-0.3, -0.25) is 0 Å². The minimum absolute atomic E-state index is 0.330. The molecule has 1 fully saturated rings. The van der Waals surface area contributed by atoms with Crippen LogP contribution in [0.4, 0.5) is 0 Å². The number of benzene rings is 1. The average Bonchev–Trinajstić information content (AvgIpc) is 2.43. The molecule has 5 heteroatoms. The Labute approximate surface area is 136 Å². The molecule has 0 amide bonds. The quantitative estimate of drug-likeness (QED) is 0.821. The highest BCUT2D eigenvalue weighted by Crippen LogP contribution is 2.30. The van der Waals surface area contributed by atoms with Gasteiger partial charge in [-0.1, -0.05) is 23.2 Å². The second-order valence-corrected chi connectivity index (χ2v) is 7.44. The number of rotatable bonds is 5. The molecule has 2 N–H and O–H groups in total. The molecule has 0 aliphatic carbocycles. The molecule has 1 heterocycles. The first-order valence-corrected chi connectivity index (χ1v) is 8.86. The molecule has 2 nitrogen and oxygen atoms in total. The highest BCUT2D eigenvalue weighted by molar-refractivity contribution is 7.99. The predicted molar refractivity (Wildman–Crippen MR) is 90.0 cm³/mol. The molecule has 0 bridgehead atoms. The van der Waals surface area contributed by atoms with Crippen LogP contribution in [0.5, 0.6) is 0 Å². The van der Waals surface area contributed by atoms with Crippen molar-refractivity contribution in [2.45, 2.75) is 30.7 Å². The van der Waals surface area contributed by atoms with Gasteiger partial charge in [-0.2, -0.15) is 0 Å². The smallest absolute Gasteiger partial charge is 0.0542 e. The lowest BCUT2D eigenvalue weighted by Crippen LogP contribution is -2.40. The monoisotopic (exact) mass is 332 g/mol. The van der Waals surface area contributed by atoms with Gasteiger partial charge in [-0.25, -0.2) is 0 Å². The van der Waals surface area contributed by atoms with Crippen LogP contribution < -0.4 is 5.73 Å². The van der Waals surface area contributed by atoms with Gasteiger partial charge in [0.05, 0.1) is 5.02 Å². The molecular formula is C15H22Cl2N2S. The van der Waals surface area contributed by atoms with Gasteiger partial charge in [-0.05, 0) is 57.0 Å². The Balaban J connectivity index is 1.73. The van der Waals surface area contributed by atoms with Crippen molar-refractivity contribution in [2.75, 3.05) is 25.4 Å². The molecule has 1 aromatic carbocycles. The van der Waals surface area contributed by atoms with Gasteiger partial charge in [0.15, 0.2) is 0 Å². The second kappa shape index (κ2) is 7.90. The zero-order valence-electron chi connectivity index (χ0n) is 11.8. The molecule has 0 aromatic heterocycles. The van der Waals surface area contributed by atoms with Crippen molar-refractivity contribution in [3.8, 4) is 0 Å². The summed E-state index contributed by atoms with van der Waals surface area (Å²) in [6.07, 6.45) is 2.44. The number of nitrogens with two attached hydrogens (primary N) is 1. The lowest BCUT2D eigenvalue weighted by atomic mass is 9.91. The first kappa shape index (κ1) is 16.4. The summed E-state index contributed by atoms with van der Waals surface area (Å²) in [5.41, 5.74) is 5.97. The van der Waals surface area contributed by atoms with Crippen molar-refractivity contribution in [1.29, 1.82) is 0 Å². The van der Waals surface area contributed by atoms with E-state index in [1.807, 2.05) is 18.2 Å². The lowest BCUT2D eigenvalue weighted by molar-refractivity contribution is 0.181. The summed E-state index contributed by atoms with van der Waals surface area (Å²) in [5.74, 6) is 1.74. The van der Waals surface area contributed by atoms with E-state index >= 15 is 0 Å². The molecule has 0 radical (unpaired) electrons. The molecular weight excluding hydrogens is 311 g/mol. The van der Waals surface area contributed by atoms with E-state index in [0.29, 0.717) is 12.0 Å². The maximum atomic E-state index is 6.16. The summed E-state index contributed by atoms with van der Waals surface area (Å²) in [7, 11) is 0. The summed E-state index contributed by atoms with van der Waals surface area (Å²) in [6.45, 7) is 5.54. The number of nitrogens with zero attached hydrogens (tertiary/aromatic N) is 1. The molecule has 1 unspecified atom stereocenters. The highest BCUT2D eigenvalue weighted by atomic mass is 35.5. The van der Waals surface area contributed by atoms with Crippen molar-refractivity contribution in [3.63, 3.8) is 0 Å². The molecule has 1 atom stereocenters. The van der Waals surface area contributed by atoms with E-state index in [1.54, 1.807) is 11.8 Å². The van der Waals surface area contributed by atoms with Crippen molar-refractivity contribution in [3.05, 3.63) is 28.2 Å². The van der Waals surface area contributed by atoms with Crippen molar-refractivity contribution < 1.29 is 0 Å². The largest absolute Gasteiger partial charge is 0.328 e. The second-order valence-electron chi connectivity index (χ2n) is 5.46. The predicted octanol–water partition coefficient (Wildman–Crippen LogP) is 4.14. The van der Waals surface area contributed by atoms with Crippen LogP contribution in [0.1, 0.15) is 19.8 Å². The number of hydrogen-bond donors (Lipinski definition) is 1. The number of hydrogen-bond acceptors (Lipinski definition) is 3. The molecule has 1 aromatic rings. The zero-order chi connectivity index (χ0) is 14.5. The summed E-state index contributed by atoms with van der Waals surface area (Å²) in [5, 5.41) is 1.53. The van der Waals surface area contributed by atoms with Crippen LogP contribution in [0.15, 0.2) is 23.1 Å². The molecule has 2 rings (SSSR count). The van der Waals surface area contributed by atoms with E-state index in [-0.39, 0.29) is 0 Å². The Morgan fingerprint density at radius 3 is 2.70 bits per heavy atom. The van der Waals surface area contributed by atoms with Crippen molar-refractivity contribution in [2.24, 2.45) is 11.7 Å². The van der Waals surface area contributed by atoms with E-state index < -0.39 is 0 Å². The molecule has 1 aliphatic rings. The number of thioether (sulfide) groups is 1. The van der Waals surface area contributed by atoms with Crippen LogP contribution in [0.25, 0.3) is 0 Å². The summed E-state index contributed by atoms with van der Waals surface area (Å²) >= 11 is 13.9. The SMILES string of the molecule is CC(N)C1CCN(CCSc2cc(Cl)ccc2Cl)CC1. The molecule has 20 heavy (non-hydrogen) atoms. The summed E-state index contributed by atoms with van der Waals surface area (Å²) in [6, 6.07) is 5.96. The van der Waals surface area contributed by atoms with Gasteiger partial charge in [0.2, 0.25) is 0 Å². The van der Waals surface area contributed by atoms with E-state index in [4.69, 9.17) is 28.9 Å². The Morgan fingerprint density at radius 2 is 2.05 bits per heavy atom. The molecule has 1 saturated heterocycles. The molecule has 112 valence electrons. The van der Waals surface area contributed by atoms with Crippen molar-refractivity contribution in [1.82, 2.24) is 4.90 Å². The minimum Gasteiger partial charge on any atom is -0.328 e. The number of likely N-dealkylation sites (tertiary alicyclic amines) is 1. The third-order valence-electron chi connectivity index (χ3n) is 3.93. The van der Waals surface area contributed by atoms with Crippen LogP contribution in [-0.4, -0.2) is 36.3 Å². The van der Waals surface area contributed by atoms with Crippen molar-refractivity contribution >= 4 is 35.0 Å². The van der Waals surface area contributed by atoms with Gasteiger partial charge in [0, 0.05) is 28.3 Å². The third kappa shape index (κ3) is 4.81. The standard InChI is InChI=1S/C15H22Cl2N2S/c1-11(18)12-4-6-19(7-5-12)8-9-20-15-10-13(16)2-3-14(15)17/h2-3,10-12H,4-9,18H2,1H3. The first-order valence-electron chi connectivity index (χ1n) is 7.12. The van der Waals surface area contributed by atoms with E-state index in [0.717, 1.165) is 40.3 Å². The van der Waals surface area contributed by atoms with Gasteiger partial charge in [-0.15, -0.1) is 11.8 Å². The highest BCUT2D eigenvalue weighted by Gasteiger charge is 2.21. The third-order valence-corrected chi connectivity index (χ3v) is 5.65. The van der Waals surface area contributed by atoms with Crippen LogP contribution >= 0.6 is 35.0 Å². The Kier molecular flexibility index (Phi) is 6.50. The Bertz CT molecular complexity index is 432. The number of halogens is 2. The van der Waals surface area contributed by atoms with Gasteiger partial charge >= 0.3 is 0 Å². The topological polar surface area (TPSA) is 29.3 Å². The fraction of sp³-hybridized carbons (Fsp3) is 0.600. The molecule has 1 aliphatic heterocycles. The van der Waals surface area contributed by atoms with Gasteiger partial charge in [0.25, 0.3) is 0 Å². The first-order chi connectivity index (χ1) is 9.56. The van der Waals surface area contributed by atoms with E-state index in [1.165, 1.54) is 12.8 Å². The molecule has 0 spiro atoms. The lowest BCUT2D eigenvalue weighted by Gasteiger charge is -2.33. The average molecular weight is 333 g/mol. The number of piperidine rings is 1. The van der Waals surface area contributed by atoms with Crippen LogP contribution in [0.2, 0.25) is 10.0 Å². The fourth-order valence-electron chi connectivity index (χ4n) is 2.57. The maximum absolute atomic E-state index is 6.16. The van der Waals surface area contributed by atoms with Gasteiger partial charge < -0.3 is 10.6 Å². The van der Waals surface area contributed by atoms with E-state index in [2.05, 4.69) is 11.8 Å². The Morgan fingerprint density at radius 1 is 1.35 bits per heavy atom. The molecule has 0 saturated carbocycles. The van der Waals surface area contributed by atoms with Crippen LogP contribution in [0, 0.1) is 5.92 Å². The maximum Gasteiger partial charge on any atom is 0.0542 e. The normalized spacial score (nSPS) is 19.2. The zero-order valence-corrected chi connectivity index (χ0v) is 14.1. The fourth-order valence-corrected chi connectivity index (χ4v) is 4.08. The van der Waals surface area contributed by atoms with Crippen LogP contribution in [-0.2, 0) is 0 Å². The van der Waals surface area contributed by atoms with E-state index in [9.17, 15) is 0 Å². The summed E-state index contributed by atoms with van der Waals surface area (Å²) < 4.78 is 0. The Hall–Kier alpha value is 0.0700. The van der Waals surface area contributed by atoms with Crippen LogP contribution in [0.3, 0.4) is 0 Å².